The first-order valence-electron chi connectivity index (χ1n) is 7.49. The smallest absolute Gasteiger partial charge is 0.337 e. The molecule has 0 amide bonds. The Bertz CT molecular complexity index is 1020. The number of methoxy groups -OCH3 is 1. The lowest BCUT2D eigenvalue weighted by Gasteiger charge is -2.08. The molecule has 8 heteroatoms. The van der Waals surface area contributed by atoms with E-state index >= 15 is 0 Å². The number of benzene rings is 2. The molecular weight excluding hydrogens is 342 g/mol. The molecule has 1 aromatic heterocycles. The fourth-order valence-electron chi connectivity index (χ4n) is 2.47. The molecule has 0 aliphatic carbocycles. The number of aromatic nitrogens is 2. The van der Waals surface area contributed by atoms with Crippen molar-refractivity contribution < 1.29 is 17.9 Å². The largest absolute Gasteiger partial charge is 0.465 e. The van der Waals surface area contributed by atoms with Crippen molar-refractivity contribution in [1.29, 1.82) is 0 Å². The number of aryl methyl sites for hydroxylation is 1. The van der Waals surface area contributed by atoms with Gasteiger partial charge in [0, 0.05) is 19.0 Å². The molecule has 0 aliphatic heterocycles. The molecule has 0 fully saturated rings. The van der Waals surface area contributed by atoms with Crippen LogP contribution < -0.4 is 4.72 Å². The van der Waals surface area contributed by atoms with Crippen LogP contribution in [0.5, 0.6) is 0 Å². The fraction of sp³-hybridized carbons (Fsp3) is 0.176. The minimum Gasteiger partial charge on any atom is -0.465 e. The van der Waals surface area contributed by atoms with Gasteiger partial charge in [-0.2, -0.15) is 5.10 Å². The first-order chi connectivity index (χ1) is 11.9. The molecule has 1 heterocycles. The van der Waals surface area contributed by atoms with Crippen LogP contribution in [0.4, 0.5) is 0 Å². The standard InChI is InChI=1S/C17H17N3O4S/c1-20-16-8-3-12(9-14(16)11-18-20)10-19-25(22,23)15-6-4-13(5-7-15)17(21)24-2/h3-9,11,19H,10H2,1-2H3. The van der Waals surface area contributed by atoms with Crippen LogP contribution in [0.3, 0.4) is 0 Å². The van der Waals surface area contributed by atoms with E-state index in [0.717, 1.165) is 16.5 Å². The maximum atomic E-state index is 12.4. The summed E-state index contributed by atoms with van der Waals surface area (Å²) >= 11 is 0. The van der Waals surface area contributed by atoms with Crippen LogP contribution in [-0.2, 0) is 28.4 Å². The average molecular weight is 359 g/mol. The molecule has 2 aromatic carbocycles. The Kier molecular flexibility index (Phi) is 4.56. The van der Waals surface area contributed by atoms with Gasteiger partial charge in [0.25, 0.3) is 0 Å². The Morgan fingerprint density at radius 1 is 1.20 bits per heavy atom. The van der Waals surface area contributed by atoms with Crippen molar-refractivity contribution in [2.45, 2.75) is 11.4 Å². The summed E-state index contributed by atoms with van der Waals surface area (Å²) in [4.78, 5) is 11.5. The number of ether oxygens (including phenoxy) is 1. The van der Waals surface area contributed by atoms with Crippen LogP contribution in [0.15, 0.2) is 53.6 Å². The van der Waals surface area contributed by atoms with Crippen molar-refractivity contribution in [3.63, 3.8) is 0 Å². The van der Waals surface area contributed by atoms with E-state index in [9.17, 15) is 13.2 Å². The van der Waals surface area contributed by atoms with Crippen LogP contribution >= 0.6 is 0 Å². The van der Waals surface area contributed by atoms with Crippen molar-refractivity contribution >= 4 is 26.9 Å². The lowest BCUT2D eigenvalue weighted by molar-refractivity contribution is 0.0600. The molecule has 0 spiro atoms. The highest BCUT2D eigenvalue weighted by molar-refractivity contribution is 7.89. The molecule has 0 aliphatic rings. The third-order valence-corrected chi connectivity index (χ3v) is 5.28. The van der Waals surface area contributed by atoms with Gasteiger partial charge in [-0.3, -0.25) is 4.68 Å². The number of nitrogens with zero attached hydrogens (tertiary/aromatic N) is 2. The lowest BCUT2D eigenvalue weighted by Crippen LogP contribution is -2.23. The summed E-state index contributed by atoms with van der Waals surface area (Å²) in [6.45, 7) is 0.159. The maximum absolute atomic E-state index is 12.4. The van der Waals surface area contributed by atoms with Crippen molar-refractivity contribution in [2.24, 2.45) is 7.05 Å². The second-order valence-corrected chi connectivity index (χ2v) is 7.27. The first-order valence-corrected chi connectivity index (χ1v) is 8.98. The molecule has 0 saturated heterocycles. The van der Waals surface area contributed by atoms with Crippen LogP contribution in [0.2, 0.25) is 0 Å². The predicted octanol–water partition coefficient (Wildman–Crippen LogP) is 1.84. The lowest BCUT2D eigenvalue weighted by atomic mass is 10.2. The van der Waals surface area contributed by atoms with Crippen LogP contribution in [0, 0.1) is 0 Å². The van der Waals surface area contributed by atoms with Crippen LogP contribution in [0.1, 0.15) is 15.9 Å². The zero-order valence-electron chi connectivity index (χ0n) is 13.8. The number of carbonyl (C=O) groups is 1. The van der Waals surface area contributed by atoms with Crippen molar-refractivity contribution in [3.8, 4) is 0 Å². The monoisotopic (exact) mass is 359 g/mol. The van der Waals surface area contributed by atoms with Gasteiger partial charge < -0.3 is 4.74 Å². The third-order valence-electron chi connectivity index (χ3n) is 3.86. The Labute approximate surface area is 145 Å². The van der Waals surface area contributed by atoms with E-state index in [1.54, 1.807) is 10.9 Å². The van der Waals surface area contributed by atoms with E-state index in [0.29, 0.717) is 5.56 Å². The summed E-state index contributed by atoms with van der Waals surface area (Å²) in [5, 5.41) is 5.11. The fourth-order valence-corrected chi connectivity index (χ4v) is 3.49. The first kappa shape index (κ1) is 17.1. The zero-order chi connectivity index (χ0) is 18.0. The van der Waals surface area contributed by atoms with Gasteiger partial charge >= 0.3 is 5.97 Å². The molecule has 130 valence electrons. The highest BCUT2D eigenvalue weighted by Gasteiger charge is 2.15. The number of hydrogen-bond donors (Lipinski definition) is 1. The van der Waals surface area contributed by atoms with E-state index in [1.165, 1.54) is 31.4 Å². The van der Waals surface area contributed by atoms with Gasteiger partial charge in [-0.25, -0.2) is 17.9 Å². The van der Waals surface area contributed by atoms with E-state index in [1.807, 2.05) is 25.2 Å². The molecule has 0 bridgehead atoms. The summed E-state index contributed by atoms with van der Waals surface area (Å²) in [5.74, 6) is -0.512. The van der Waals surface area contributed by atoms with E-state index < -0.39 is 16.0 Å². The average Bonchev–Trinajstić information content (AvgIpc) is 3.00. The van der Waals surface area contributed by atoms with E-state index in [4.69, 9.17) is 0 Å². The van der Waals surface area contributed by atoms with Crippen LogP contribution in [0.25, 0.3) is 10.9 Å². The molecular formula is C17H17N3O4S. The Hall–Kier alpha value is -2.71. The van der Waals surface area contributed by atoms with Gasteiger partial charge in [0.05, 0.1) is 29.3 Å². The number of hydrogen-bond acceptors (Lipinski definition) is 5. The van der Waals surface area contributed by atoms with Crippen molar-refractivity contribution in [3.05, 3.63) is 59.8 Å². The summed E-state index contributed by atoms with van der Waals surface area (Å²) in [6, 6.07) is 11.2. The number of nitrogens with one attached hydrogen (secondary N) is 1. The molecule has 0 unspecified atom stereocenters. The summed E-state index contributed by atoms with van der Waals surface area (Å²) in [7, 11) is -0.557. The molecule has 0 saturated carbocycles. The molecule has 1 N–H and O–H groups in total. The van der Waals surface area contributed by atoms with Gasteiger partial charge in [0.15, 0.2) is 0 Å². The Morgan fingerprint density at radius 2 is 1.92 bits per heavy atom. The number of carbonyl (C=O) groups excluding carboxylic acids is 1. The third kappa shape index (κ3) is 3.54. The zero-order valence-corrected chi connectivity index (χ0v) is 14.6. The van der Waals surface area contributed by atoms with Gasteiger partial charge in [-0.1, -0.05) is 6.07 Å². The number of fused-ring (bicyclic) bond motifs is 1. The highest BCUT2D eigenvalue weighted by Crippen LogP contribution is 2.16. The molecule has 25 heavy (non-hydrogen) atoms. The van der Waals surface area contributed by atoms with Crippen molar-refractivity contribution in [1.82, 2.24) is 14.5 Å². The van der Waals surface area contributed by atoms with E-state index in [2.05, 4.69) is 14.6 Å². The molecule has 3 rings (SSSR count). The molecule has 0 radical (unpaired) electrons. The summed E-state index contributed by atoms with van der Waals surface area (Å²) in [5.41, 5.74) is 2.10. The normalized spacial score (nSPS) is 11.6. The Balaban J connectivity index is 1.75. The number of sulfonamides is 1. The molecule has 7 nitrogen and oxygen atoms in total. The van der Waals surface area contributed by atoms with Gasteiger partial charge in [0.1, 0.15) is 0 Å². The minimum absolute atomic E-state index is 0.0857. The number of rotatable bonds is 5. The van der Waals surface area contributed by atoms with Crippen LogP contribution in [-0.4, -0.2) is 31.3 Å². The number of esters is 1. The highest BCUT2D eigenvalue weighted by atomic mass is 32.2. The molecule has 3 aromatic rings. The van der Waals surface area contributed by atoms with Crippen molar-refractivity contribution in [2.75, 3.05) is 7.11 Å². The summed E-state index contributed by atoms with van der Waals surface area (Å²) in [6.07, 6.45) is 1.73. The molecule has 0 atom stereocenters. The van der Waals surface area contributed by atoms with E-state index in [-0.39, 0.29) is 11.4 Å². The minimum atomic E-state index is -3.68. The van der Waals surface area contributed by atoms with Gasteiger partial charge in [0.2, 0.25) is 10.0 Å². The predicted molar refractivity (Wildman–Crippen MR) is 92.5 cm³/mol. The summed E-state index contributed by atoms with van der Waals surface area (Å²) < 4.78 is 33.7. The second-order valence-electron chi connectivity index (χ2n) is 5.50. The van der Waals surface area contributed by atoms with Gasteiger partial charge in [-0.05, 0) is 42.0 Å². The van der Waals surface area contributed by atoms with Gasteiger partial charge in [-0.15, -0.1) is 0 Å². The SMILES string of the molecule is COC(=O)c1ccc(S(=O)(=O)NCc2ccc3c(cnn3C)c2)cc1. The topological polar surface area (TPSA) is 90.3 Å². The Morgan fingerprint density at radius 3 is 2.60 bits per heavy atom. The quantitative estimate of drug-likeness (QED) is 0.702. The second kappa shape index (κ2) is 6.66. The maximum Gasteiger partial charge on any atom is 0.337 e.